The molecule has 1 aliphatic heterocycles. The maximum absolute atomic E-state index is 4.77. The molecule has 0 unspecified atom stereocenters. The van der Waals surface area contributed by atoms with Crippen molar-refractivity contribution in [1.29, 1.82) is 0 Å². The monoisotopic (exact) mass is 425 g/mol. The van der Waals surface area contributed by atoms with Crippen LogP contribution in [0.4, 0.5) is 0 Å². The fourth-order valence-electron chi connectivity index (χ4n) is 2.70. The molecule has 0 radical (unpaired) electrons. The van der Waals surface area contributed by atoms with Crippen LogP contribution in [0.3, 0.4) is 0 Å². The molecule has 2 aromatic rings. The van der Waals surface area contributed by atoms with Gasteiger partial charge in [0, 0.05) is 32.0 Å². The minimum atomic E-state index is 0. The maximum atomic E-state index is 4.77. The number of aromatic nitrogens is 2. The summed E-state index contributed by atoms with van der Waals surface area (Å²) in [5, 5.41) is 7.63. The molecule has 5 nitrogen and oxygen atoms in total. The van der Waals surface area contributed by atoms with Gasteiger partial charge in [-0.2, -0.15) is 5.10 Å². The van der Waals surface area contributed by atoms with Crippen molar-refractivity contribution < 1.29 is 0 Å². The average Bonchev–Trinajstić information content (AvgIpc) is 3.25. The summed E-state index contributed by atoms with van der Waals surface area (Å²) in [5.74, 6) is 1.04. The highest BCUT2D eigenvalue weighted by Gasteiger charge is 2.15. The summed E-state index contributed by atoms with van der Waals surface area (Å²) < 4.78 is 1.86. The predicted octanol–water partition coefficient (Wildman–Crippen LogP) is 3.05. The molecule has 124 valence electrons. The second-order valence-corrected chi connectivity index (χ2v) is 5.48. The number of likely N-dealkylation sites (tertiary alicyclic amines) is 1. The Morgan fingerprint density at radius 2 is 1.96 bits per heavy atom. The summed E-state index contributed by atoms with van der Waals surface area (Å²) in [6.45, 7) is 5.96. The van der Waals surface area contributed by atoms with Gasteiger partial charge in [-0.3, -0.25) is 0 Å². The van der Waals surface area contributed by atoms with Crippen LogP contribution in [-0.4, -0.2) is 40.3 Å². The number of hydrogen-bond donors (Lipinski definition) is 1. The molecule has 0 spiro atoms. The van der Waals surface area contributed by atoms with Gasteiger partial charge in [-0.1, -0.05) is 12.1 Å². The first-order valence-corrected chi connectivity index (χ1v) is 7.99. The molecule has 0 atom stereocenters. The van der Waals surface area contributed by atoms with E-state index in [-0.39, 0.29) is 24.0 Å². The van der Waals surface area contributed by atoms with Crippen LogP contribution >= 0.6 is 24.0 Å². The lowest BCUT2D eigenvalue weighted by Gasteiger charge is -2.20. The quantitative estimate of drug-likeness (QED) is 0.466. The molecule has 0 saturated carbocycles. The summed E-state index contributed by atoms with van der Waals surface area (Å²) in [6, 6.07) is 10.3. The minimum Gasteiger partial charge on any atom is -0.357 e. The van der Waals surface area contributed by atoms with E-state index in [1.165, 1.54) is 18.4 Å². The summed E-state index contributed by atoms with van der Waals surface area (Å²) in [7, 11) is 0. The van der Waals surface area contributed by atoms with Crippen molar-refractivity contribution in [3.05, 3.63) is 48.3 Å². The van der Waals surface area contributed by atoms with E-state index in [1.807, 2.05) is 16.9 Å². The SMILES string of the molecule is CCNC(=NCc1ccc(-n2cccn2)cc1)N1CCCC1.I. The van der Waals surface area contributed by atoms with Gasteiger partial charge in [-0.05, 0) is 43.5 Å². The van der Waals surface area contributed by atoms with Crippen molar-refractivity contribution >= 4 is 29.9 Å². The predicted molar refractivity (Wildman–Crippen MR) is 105 cm³/mol. The highest BCUT2D eigenvalue weighted by atomic mass is 127. The zero-order valence-corrected chi connectivity index (χ0v) is 15.8. The summed E-state index contributed by atoms with van der Waals surface area (Å²) >= 11 is 0. The lowest BCUT2D eigenvalue weighted by molar-refractivity contribution is 0.493. The number of halogens is 1. The van der Waals surface area contributed by atoms with Gasteiger partial charge >= 0.3 is 0 Å². The molecule has 3 rings (SSSR count). The van der Waals surface area contributed by atoms with E-state index in [0.717, 1.165) is 31.3 Å². The van der Waals surface area contributed by atoms with Gasteiger partial charge in [0.2, 0.25) is 0 Å². The van der Waals surface area contributed by atoms with Crippen LogP contribution in [0.5, 0.6) is 0 Å². The molecule has 1 aromatic carbocycles. The zero-order valence-electron chi connectivity index (χ0n) is 13.5. The first-order valence-electron chi connectivity index (χ1n) is 7.99. The summed E-state index contributed by atoms with van der Waals surface area (Å²) in [6.07, 6.45) is 6.27. The molecule has 6 heteroatoms. The smallest absolute Gasteiger partial charge is 0.194 e. The van der Waals surface area contributed by atoms with Crippen molar-refractivity contribution in [2.45, 2.75) is 26.3 Å². The number of nitrogens with one attached hydrogen (secondary N) is 1. The Morgan fingerprint density at radius 3 is 2.57 bits per heavy atom. The molecule has 23 heavy (non-hydrogen) atoms. The number of hydrogen-bond acceptors (Lipinski definition) is 2. The molecule has 1 fully saturated rings. The van der Waals surface area contributed by atoms with Gasteiger partial charge in [-0.15, -0.1) is 24.0 Å². The Bertz CT molecular complexity index is 600. The van der Waals surface area contributed by atoms with Crippen molar-refractivity contribution in [1.82, 2.24) is 20.0 Å². The van der Waals surface area contributed by atoms with Gasteiger partial charge in [-0.25, -0.2) is 9.67 Å². The van der Waals surface area contributed by atoms with Gasteiger partial charge in [0.1, 0.15) is 0 Å². The van der Waals surface area contributed by atoms with Gasteiger partial charge < -0.3 is 10.2 Å². The first kappa shape index (κ1) is 17.8. The van der Waals surface area contributed by atoms with Gasteiger partial charge in [0.05, 0.1) is 12.2 Å². The number of rotatable bonds is 4. The van der Waals surface area contributed by atoms with E-state index in [2.05, 4.69) is 46.5 Å². The minimum absolute atomic E-state index is 0. The number of nitrogens with zero attached hydrogens (tertiary/aromatic N) is 4. The molecule has 1 aromatic heterocycles. The first-order chi connectivity index (χ1) is 10.9. The fourth-order valence-corrected chi connectivity index (χ4v) is 2.70. The van der Waals surface area contributed by atoms with Crippen LogP contribution in [0.1, 0.15) is 25.3 Å². The van der Waals surface area contributed by atoms with E-state index in [1.54, 1.807) is 6.20 Å². The molecule has 1 N–H and O–H groups in total. The Hall–Kier alpha value is -1.57. The third-order valence-corrected chi connectivity index (χ3v) is 3.86. The van der Waals surface area contributed by atoms with Crippen LogP contribution in [-0.2, 0) is 6.54 Å². The molecule has 0 bridgehead atoms. The topological polar surface area (TPSA) is 45.5 Å². The number of benzene rings is 1. The molecule has 0 amide bonds. The second kappa shape index (κ2) is 8.90. The molecule has 2 heterocycles. The van der Waals surface area contributed by atoms with Crippen molar-refractivity contribution in [3.63, 3.8) is 0 Å². The largest absolute Gasteiger partial charge is 0.357 e. The summed E-state index contributed by atoms with van der Waals surface area (Å²) in [5.41, 5.74) is 2.29. The molecular weight excluding hydrogens is 401 g/mol. The highest BCUT2D eigenvalue weighted by Crippen LogP contribution is 2.11. The van der Waals surface area contributed by atoms with E-state index in [4.69, 9.17) is 4.99 Å². The van der Waals surface area contributed by atoms with Crippen LogP contribution in [0.25, 0.3) is 5.69 Å². The Labute approximate surface area is 154 Å². The Kier molecular flexibility index (Phi) is 6.88. The second-order valence-electron chi connectivity index (χ2n) is 5.48. The lowest BCUT2D eigenvalue weighted by atomic mass is 10.2. The lowest BCUT2D eigenvalue weighted by Crippen LogP contribution is -2.39. The Morgan fingerprint density at radius 1 is 1.22 bits per heavy atom. The van der Waals surface area contributed by atoms with Gasteiger partial charge in [0.15, 0.2) is 5.96 Å². The number of guanidine groups is 1. The van der Waals surface area contributed by atoms with E-state index < -0.39 is 0 Å². The molecule has 1 saturated heterocycles. The Balaban J connectivity index is 0.00000192. The van der Waals surface area contributed by atoms with Crippen molar-refractivity contribution in [2.75, 3.05) is 19.6 Å². The van der Waals surface area contributed by atoms with Crippen LogP contribution in [0, 0.1) is 0 Å². The normalized spacial score (nSPS) is 14.7. The molecular formula is C17H24IN5. The highest BCUT2D eigenvalue weighted by molar-refractivity contribution is 14.0. The van der Waals surface area contributed by atoms with Crippen LogP contribution in [0.15, 0.2) is 47.7 Å². The maximum Gasteiger partial charge on any atom is 0.194 e. The molecule has 0 aliphatic carbocycles. The van der Waals surface area contributed by atoms with Crippen LogP contribution in [0.2, 0.25) is 0 Å². The van der Waals surface area contributed by atoms with E-state index >= 15 is 0 Å². The van der Waals surface area contributed by atoms with E-state index in [9.17, 15) is 0 Å². The third-order valence-electron chi connectivity index (χ3n) is 3.86. The fraction of sp³-hybridized carbons (Fsp3) is 0.412. The summed E-state index contributed by atoms with van der Waals surface area (Å²) in [4.78, 5) is 7.12. The number of aliphatic imine (C=N–C) groups is 1. The zero-order chi connectivity index (χ0) is 15.2. The average molecular weight is 425 g/mol. The molecule has 1 aliphatic rings. The van der Waals surface area contributed by atoms with Crippen LogP contribution < -0.4 is 5.32 Å². The van der Waals surface area contributed by atoms with Crippen molar-refractivity contribution in [3.8, 4) is 5.69 Å². The van der Waals surface area contributed by atoms with E-state index in [0.29, 0.717) is 6.54 Å². The van der Waals surface area contributed by atoms with Crippen molar-refractivity contribution in [2.24, 2.45) is 4.99 Å². The third kappa shape index (κ3) is 4.70. The van der Waals surface area contributed by atoms with Gasteiger partial charge in [0.25, 0.3) is 0 Å². The standard InChI is InChI=1S/C17H23N5.HI/c1-2-18-17(21-11-3-4-12-21)19-14-15-6-8-16(9-7-15)22-13-5-10-20-22;/h5-10,13H,2-4,11-12,14H2,1H3,(H,18,19);1H.